The molecule has 0 atom stereocenters. The Kier molecular flexibility index (Phi) is 4.84. The summed E-state index contributed by atoms with van der Waals surface area (Å²) in [6, 6.07) is 0.248. The maximum atomic E-state index is 12.0. The third kappa shape index (κ3) is 6.29. The molecule has 20 heavy (non-hydrogen) atoms. The summed E-state index contributed by atoms with van der Waals surface area (Å²) in [5.74, 6) is -0.604. The molecule has 0 aliphatic carbocycles. The Morgan fingerprint density at radius 2 is 1.55 bits per heavy atom. The number of hydrogen-bond donors (Lipinski definition) is 1. The van der Waals surface area contributed by atoms with Crippen molar-refractivity contribution in [2.75, 3.05) is 25.6 Å². The van der Waals surface area contributed by atoms with Gasteiger partial charge >= 0.3 is 18.4 Å². The maximum Gasteiger partial charge on any atom is 0.422 e. The van der Waals surface area contributed by atoms with Gasteiger partial charge < -0.3 is 14.8 Å². The molecule has 1 rings (SSSR count). The summed E-state index contributed by atoms with van der Waals surface area (Å²) in [6.07, 6.45) is -9.22. The number of nitrogens with zero attached hydrogens (tertiary/aromatic N) is 2. The van der Waals surface area contributed by atoms with E-state index in [2.05, 4.69) is 24.8 Å². The Morgan fingerprint density at radius 1 is 1.00 bits per heavy atom. The van der Waals surface area contributed by atoms with E-state index >= 15 is 0 Å². The second-order valence-electron chi connectivity index (χ2n) is 3.43. The van der Waals surface area contributed by atoms with Gasteiger partial charge in [-0.05, 0) is 0 Å². The molecule has 0 unspecified atom stereocenters. The highest BCUT2D eigenvalue weighted by molar-refractivity contribution is 5.38. The van der Waals surface area contributed by atoms with E-state index in [1.807, 2.05) is 0 Å². The predicted octanol–water partition coefficient (Wildman–Crippen LogP) is 2.40. The summed E-state index contributed by atoms with van der Waals surface area (Å²) in [6.45, 7) is -3.30. The molecule has 0 saturated carbocycles. The summed E-state index contributed by atoms with van der Waals surface area (Å²) >= 11 is 0. The van der Waals surface area contributed by atoms with E-state index in [-0.39, 0.29) is 5.82 Å². The Labute approximate surface area is 108 Å². The summed E-state index contributed by atoms with van der Waals surface area (Å²) in [4.78, 5) is 6.79. The fourth-order valence-corrected chi connectivity index (χ4v) is 0.973. The van der Waals surface area contributed by atoms with Crippen LogP contribution >= 0.6 is 0 Å². The topological polar surface area (TPSA) is 56.3 Å². The van der Waals surface area contributed by atoms with Crippen LogP contribution in [0.3, 0.4) is 0 Å². The van der Waals surface area contributed by atoms with E-state index in [0.717, 1.165) is 6.07 Å². The van der Waals surface area contributed by atoms with E-state index in [1.54, 1.807) is 0 Å². The second-order valence-corrected chi connectivity index (χ2v) is 3.43. The molecule has 11 heteroatoms. The zero-order valence-electron chi connectivity index (χ0n) is 9.97. The van der Waals surface area contributed by atoms with Crippen LogP contribution in [0.2, 0.25) is 0 Å². The normalized spacial score (nSPS) is 12.2. The highest BCUT2D eigenvalue weighted by Gasteiger charge is 2.30. The molecular weight excluding hydrogens is 296 g/mol. The molecule has 5 nitrogen and oxygen atoms in total. The van der Waals surface area contributed by atoms with E-state index < -0.39 is 37.5 Å². The minimum Gasteiger partial charge on any atom is -0.468 e. The minimum absolute atomic E-state index is 0.0469. The van der Waals surface area contributed by atoms with Gasteiger partial charge in [-0.25, -0.2) is 0 Å². The van der Waals surface area contributed by atoms with Crippen molar-refractivity contribution in [3.63, 3.8) is 0 Å². The molecule has 1 heterocycles. The average molecular weight is 305 g/mol. The van der Waals surface area contributed by atoms with Gasteiger partial charge in [0, 0.05) is 13.1 Å². The zero-order valence-corrected chi connectivity index (χ0v) is 9.97. The van der Waals surface area contributed by atoms with Gasteiger partial charge in [-0.3, -0.25) is 0 Å². The lowest BCUT2D eigenvalue weighted by atomic mass is 10.5. The number of halogens is 6. The third-order valence-corrected chi connectivity index (χ3v) is 1.69. The molecule has 0 aliphatic rings. The van der Waals surface area contributed by atoms with Crippen LogP contribution in [0, 0.1) is 0 Å². The van der Waals surface area contributed by atoms with E-state index in [0.29, 0.717) is 0 Å². The first-order chi connectivity index (χ1) is 9.09. The fraction of sp³-hybridized carbons (Fsp3) is 0.556. The van der Waals surface area contributed by atoms with Crippen LogP contribution < -0.4 is 14.8 Å². The van der Waals surface area contributed by atoms with E-state index in [4.69, 9.17) is 0 Å². The van der Waals surface area contributed by atoms with E-state index in [1.165, 1.54) is 7.05 Å². The first kappa shape index (κ1) is 16.1. The smallest absolute Gasteiger partial charge is 0.422 e. The Hall–Kier alpha value is -1.94. The monoisotopic (exact) mass is 305 g/mol. The molecule has 114 valence electrons. The number of alkyl halides is 6. The van der Waals surface area contributed by atoms with Gasteiger partial charge in [-0.1, -0.05) is 0 Å². The highest BCUT2D eigenvalue weighted by Crippen LogP contribution is 2.22. The number of hydrogen-bond acceptors (Lipinski definition) is 5. The molecule has 1 aromatic rings. The first-order valence-electron chi connectivity index (χ1n) is 5.05. The lowest BCUT2D eigenvalue weighted by Gasteiger charge is -2.12. The number of nitrogens with one attached hydrogen (secondary N) is 1. The Morgan fingerprint density at radius 3 is 2.05 bits per heavy atom. The van der Waals surface area contributed by atoms with Crippen molar-refractivity contribution < 1.29 is 35.8 Å². The Bertz CT molecular complexity index is 412. The predicted molar refractivity (Wildman–Crippen MR) is 54.7 cm³/mol. The quantitative estimate of drug-likeness (QED) is 0.847. The van der Waals surface area contributed by atoms with Gasteiger partial charge in [0.15, 0.2) is 13.2 Å². The fourth-order valence-electron chi connectivity index (χ4n) is 0.973. The van der Waals surface area contributed by atoms with Crippen LogP contribution in [-0.4, -0.2) is 42.6 Å². The molecule has 0 amide bonds. The molecule has 0 aliphatic heterocycles. The molecule has 0 aromatic carbocycles. The SMILES string of the molecule is CNc1cc(OCC(F)(F)F)nc(OCC(F)(F)F)n1. The zero-order chi connectivity index (χ0) is 15.4. The summed E-state index contributed by atoms with van der Waals surface area (Å²) < 4.78 is 80.3. The molecule has 0 bridgehead atoms. The first-order valence-corrected chi connectivity index (χ1v) is 5.05. The second kappa shape index (κ2) is 6.01. The van der Waals surface area contributed by atoms with Crippen LogP contribution in [0.15, 0.2) is 6.07 Å². The van der Waals surface area contributed by atoms with E-state index in [9.17, 15) is 26.3 Å². The summed E-state index contributed by atoms with van der Waals surface area (Å²) in [5, 5.41) is 2.43. The maximum absolute atomic E-state index is 12.0. The molecule has 0 saturated heterocycles. The van der Waals surface area contributed by atoms with Crippen molar-refractivity contribution in [2.45, 2.75) is 12.4 Å². The average Bonchev–Trinajstić information content (AvgIpc) is 2.32. The van der Waals surface area contributed by atoms with Crippen LogP contribution in [0.1, 0.15) is 0 Å². The van der Waals surface area contributed by atoms with Gasteiger partial charge in [0.05, 0.1) is 0 Å². The van der Waals surface area contributed by atoms with Crippen LogP contribution in [-0.2, 0) is 0 Å². The van der Waals surface area contributed by atoms with Gasteiger partial charge in [0.1, 0.15) is 5.82 Å². The molecule has 1 N–H and O–H groups in total. The molecule has 0 radical (unpaired) electrons. The van der Waals surface area contributed by atoms with Gasteiger partial charge in [-0.15, -0.1) is 0 Å². The standard InChI is InChI=1S/C9H9F6N3O2/c1-16-5-2-6(19-3-8(10,11)12)18-7(17-5)20-4-9(13,14)15/h2H,3-4H2,1H3,(H,16,17,18). The third-order valence-electron chi connectivity index (χ3n) is 1.69. The molecular formula is C9H9F6N3O2. The van der Waals surface area contributed by atoms with Gasteiger partial charge in [-0.2, -0.15) is 36.3 Å². The van der Waals surface area contributed by atoms with Crippen molar-refractivity contribution >= 4 is 5.82 Å². The Balaban J connectivity index is 2.80. The molecule has 0 fully saturated rings. The van der Waals surface area contributed by atoms with Crippen LogP contribution in [0.4, 0.5) is 32.2 Å². The van der Waals surface area contributed by atoms with Crippen molar-refractivity contribution in [2.24, 2.45) is 0 Å². The number of aromatic nitrogens is 2. The lowest BCUT2D eigenvalue weighted by Crippen LogP contribution is -2.21. The minimum atomic E-state index is -4.62. The summed E-state index contributed by atoms with van der Waals surface area (Å²) in [5.41, 5.74) is 0. The number of ether oxygens (including phenoxy) is 2. The number of anilines is 1. The van der Waals surface area contributed by atoms with Crippen molar-refractivity contribution in [3.8, 4) is 11.9 Å². The number of rotatable bonds is 5. The largest absolute Gasteiger partial charge is 0.468 e. The van der Waals surface area contributed by atoms with Crippen molar-refractivity contribution in [1.82, 2.24) is 9.97 Å². The lowest BCUT2D eigenvalue weighted by molar-refractivity contribution is -0.155. The van der Waals surface area contributed by atoms with Gasteiger partial charge in [0.2, 0.25) is 5.88 Å². The van der Waals surface area contributed by atoms with Crippen LogP contribution in [0.5, 0.6) is 11.9 Å². The van der Waals surface area contributed by atoms with Gasteiger partial charge in [0.25, 0.3) is 0 Å². The highest BCUT2D eigenvalue weighted by atomic mass is 19.4. The van der Waals surface area contributed by atoms with Crippen molar-refractivity contribution in [3.05, 3.63) is 6.07 Å². The van der Waals surface area contributed by atoms with Crippen molar-refractivity contribution in [1.29, 1.82) is 0 Å². The summed E-state index contributed by atoms with van der Waals surface area (Å²) in [7, 11) is 1.36. The van der Waals surface area contributed by atoms with Crippen LogP contribution in [0.25, 0.3) is 0 Å². The molecule has 1 aromatic heterocycles. The molecule has 0 spiro atoms.